The van der Waals surface area contributed by atoms with E-state index < -0.39 is 5.76 Å². The summed E-state index contributed by atoms with van der Waals surface area (Å²) in [4.78, 5) is 24.2. The van der Waals surface area contributed by atoms with Crippen molar-refractivity contribution in [2.24, 2.45) is 0 Å². The normalized spacial score (nSPS) is 10.8. The molecule has 0 saturated carbocycles. The molecule has 10 heteroatoms. The van der Waals surface area contributed by atoms with Gasteiger partial charge in [0.05, 0.1) is 17.1 Å². The van der Waals surface area contributed by atoms with Gasteiger partial charge in [0.1, 0.15) is 0 Å². The van der Waals surface area contributed by atoms with Gasteiger partial charge in [0.2, 0.25) is 11.0 Å². The molecule has 8 nitrogen and oxygen atoms in total. The third-order valence-electron chi connectivity index (χ3n) is 4.23. The molecule has 4 aromatic rings. The van der Waals surface area contributed by atoms with Crippen molar-refractivity contribution in [1.29, 1.82) is 5.26 Å². The molecular formula is C20H15N5O3S2. The smallest absolute Gasteiger partial charge is 0.408 e. The molecule has 0 unspecified atom stereocenters. The Morgan fingerprint density at radius 3 is 2.80 bits per heavy atom. The maximum atomic E-state index is 12.3. The van der Waals surface area contributed by atoms with E-state index in [-0.39, 0.29) is 18.9 Å². The molecule has 4 rings (SSSR count). The zero-order valence-corrected chi connectivity index (χ0v) is 17.2. The Hall–Kier alpha value is -3.42. The summed E-state index contributed by atoms with van der Waals surface area (Å²) in [6, 6.07) is 16.5. The van der Waals surface area contributed by atoms with Crippen LogP contribution in [0, 0.1) is 11.3 Å². The van der Waals surface area contributed by atoms with Crippen LogP contribution in [0.5, 0.6) is 0 Å². The van der Waals surface area contributed by atoms with Crippen molar-refractivity contribution in [2.75, 3.05) is 5.32 Å². The maximum absolute atomic E-state index is 12.3. The number of benzene rings is 2. The highest BCUT2D eigenvalue weighted by molar-refractivity contribution is 8.00. The van der Waals surface area contributed by atoms with Gasteiger partial charge >= 0.3 is 5.76 Å². The van der Waals surface area contributed by atoms with Crippen LogP contribution in [0.3, 0.4) is 0 Å². The summed E-state index contributed by atoms with van der Waals surface area (Å²) in [5.41, 5.74) is 2.84. The van der Waals surface area contributed by atoms with Crippen LogP contribution in [-0.2, 0) is 17.1 Å². The SMILES string of the molecule is N#Cc1ccc(CSc2nnc(NC(=O)CCn3c(=O)oc4ccccc43)s2)cc1. The number of carbonyl (C=O) groups is 1. The Kier molecular flexibility index (Phi) is 5.92. The summed E-state index contributed by atoms with van der Waals surface area (Å²) in [5, 5.41) is 20.0. The zero-order chi connectivity index (χ0) is 20.9. The quantitative estimate of drug-likeness (QED) is 0.347. The summed E-state index contributed by atoms with van der Waals surface area (Å²) < 4.78 is 7.33. The fourth-order valence-electron chi connectivity index (χ4n) is 2.76. The molecule has 2 aromatic carbocycles. The van der Waals surface area contributed by atoms with E-state index >= 15 is 0 Å². The number of nitrogens with zero attached hydrogens (tertiary/aromatic N) is 4. The van der Waals surface area contributed by atoms with Crippen molar-refractivity contribution < 1.29 is 9.21 Å². The minimum atomic E-state index is -0.485. The number of hydrogen-bond donors (Lipinski definition) is 1. The molecule has 0 fully saturated rings. The zero-order valence-electron chi connectivity index (χ0n) is 15.6. The summed E-state index contributed by atoms with van der Waals surface area (Å²) in [6.45, 7) is 0.209. The number of para-hydroxylation sites is 2. The number of carbonyl (C=O) groups excluding carboxylic acids is 1. The highest BCUT2D eigenvalue weighted by Gasteiger charge is 2.12. The lowest BCUT2D eigenvalue weighted by Crippen LogP contribution is -2.19. The lowest BCUT2D eigenvalue weighted by molar-refractivity contribution is -0.116. The monoisotopic (exact) mass is 437 g/mol. The highest BCUT2D eigenvalue weighted by atomic mass is 32.2. The number of anilines is 1. The third-order valence-corrected chi connectivity index (χ3v) is 6.28. The Bertz CT molecular complexity index is 1280. The van der Waals surface area contributed by atoms with Gasteiger partial charge in [0, 0.05) is 18.7 Å². The molecule has 0 radical (unpaired) electrons. The Morgan fingerprint density at radius 2 is 2.00 bits per heavy atom. The summed E-state index contributed by atoms with van der Waals surface area (Å²) >= 11 is 2.79. The molecule has 1 amide bonds. The van der Waals surface area contributed by atoms with Crippen LogP contribution in [0.4, 0.5) is 5.13 Å². The first-order chi connectivity index (χ1) is 14.6. The molecule has 0 bridgehead atoms. The predicted octanol–water partition coefficient (Wildman–Crippen LogP) is 3.64. The second-order valence-electron chi connectivity index (χ2n) is 6.26. The number of oxazole rings is 1. The minimum Gasteiger partial charge on any atom is -0.408 e. The van der Waals surface area contributed by atoms with Crippen LogP contribution in [0.1, 0.15) is 17.5 Å². The number of fused-ring (bicyclic) bond motifs is 1. The van der Waals surface area contributed by atoms with E-state index in [0.29, 0.717) is 27.5 Å². The van der Waals surface area contributed by atoms with Crippen molar-refractivity contribution >= 4 is 45.2 Å². The topological polar surface area (TPSA) is 114 Å². The Balaban J connectivity index is 1.30. The van der Waals surface area contributed by atoms with Crippen molar-refractivity contribution in [1.82, 2.24) is 14.8 Å². The van der Waals surface area contributed by atoms with Crippen molar-refractivity contribution in [3.8, 4) is 6.07 Å². The lowest BCUT2D eigenvalue weighted by atomic mass is 10.2. The molecule has 0 atom stereocenters. The molecule has 0 aliphatic heterocycles. The number of amides is 1. The predicted molar refractivity (Wildman–Crippen MR) is 114 cm³/mol. The summed E-state index contributed by atoms with van der Waals surface area (Å²) in [7, 11) is 0. The van der Waals surface area contributed by atoms with Gasteiger partial charge in [-0.1, -0.05) is 47.4 Å². The average Bonchev–Trinajstić information content (AvgIpc) is 3.34. The van der Waals surface area contributed by atoms with Gasteiger partial charge in [0.15, 0.2) is 9.92 Å². The molecule has 150 valence electrons. The minimum absolute atomic E-state index is 0.108. The van der Waals surface area contributed by atoms with E-state index in [1.807, 2.05) is 18.2 Å². The van der Waals surface area contributed by atoms with Gasteiger partial charge in [-0.3, -0.25) is 9.36 Å². The summed E-state index contributed by atoms with van der Waals surface area (Å²) in [5.74, 6) is -0.0570. The molecular weight excluding hydrogens is 422 g/mol. The fraction of sp³-hybridized carbons (Fsp3) is 0.150. The van der Waals surface area contributed by atoms with Crippen LogP contribution in [0.2, 0.25) is 0 Å². The van der Waals surface area contributed by atoms with E-state index in [9.17, 15) is 9.59 Å². The van der Waals surface area contributed by atoms with Gasteiger partial charge in [-0.25, -0.2) is 4.79 Å². The number of nitriles is 1. The van der Waals surface area contributed by atoms with Gasteiger partial charge in [-0.2, -0.15) is 5.26 Å². The molecule has 0 saturated heterocycles. The first-order valence-corrected chi connectivity index (χ1v) is 10.8. The first-order valence-electron chi connectivity index (χ1n) is 8.96. The van der Waals surface area contributed by atoms with Gasteiger partial charge in [-0.15, -0.1) is 10.2 Å². The summed E-state index contributed by atoms with van der Waals surface area (Å²) in [6.07, 6.45) is 0.108. The van der Waals surface area contributed by atoms with Gasteiger partial charge in [0.25, 0.3) is 0 Å². The van der Waals surface area contributed by atoms with E-state index in [1.54, 1.807) is 30.3 Å². The number of thioether (sulfide) groups is 1. The Morgan fingerprint density at radius 1 is 1.20 bits per heavy atom. The number of hydrogen-bond acceptors (Lipinski definition) is 8. The van der Waals surface area contributed by atoms with E-state index in [2.05, 4.69) is 21.6 Å². The lowest BCUT2D eigenvalue weighted by Gasteiger charge is -2.02. The van der Waals surface area contributed by atoms with E-state index in [1.165, 1.54) is 27.7 Å². The number of aryl methyl sites for hydroxylation is 1. The van der Waals surface area contributed by atoms with E-state index in [0.717, 1.165) is 9.90 Å². The molecule has 1 N–H and O–H groups in total. The standard InChI is InChI=1S/C20H15N5O3S2/c21-11-13-5-7-14(8-6-13)12-29-19-24-23-18(30-19)22-17(26)9-10-25-15-3-1-2-4-16(15)28-20(25)27/h1-8H,9-10,12H2,(H,22,23,26). The largest absolute Gasteiger partial charge is 0.419 e. The molecule has 0 aliphatic rings. The van der Waals surface area contributed by atoms with Crippen LogP contribution >= 0.6 is 23.1 Å². The van der Waals surface area contributed by atoms with Crippen LogP contribution < -0.4 is 11.1 Å². The molecule has 30 heavy (non-hydrogen) atoms. The average molecular weight is 438 g/mol. The maximum Gasteiger partial charge on any atom is 0.419 e. The second-order valence-corrected chi connectivity index (χ2v) is 8.46. The molecule has 2 heterocycles. The first kappa shape index (κ1) is 19.9. The highest BCUT2D eigenvalue weighted by Crippen LogP contribution is 2.28. The number of aromatic nitrogens is 3. The molecule has 0 spiro atoms. The van der Waals surface area contributed by atoms with Crippen molar-refractivity contribution in [3.05, 3.63) is 70.2 Å². The van der Waals surface area contributed by atoms with Crippen LogP contribution in [0.15, 0.2) is 62.1 Å². The van der Waals surface area contributed by atoms with Crippen molar-refractivity contribution in [3.63, 3.8) is 0 Å². The molecule has 0 aliphatic carbocycles. The molecule has 2 aromatic heterocycles. The fourth-order valence-corrected chi connectivity index (χ4v) is 4.48. The number of rotatable bonds is 7. The van der Waals surface area contributed by atoms with Gasteiger partial charge < -0.3 is 9.73 Å². The van der Waals surface area contributed by atoms with Gasteiger partial charge in [-0.05, 0) is 29.8 Å². The second kappa shape index (κ2) is 8.94. The van der Waals surface area contributed by atoms with Crippen LogP contribution in [-0.4, -0.2) is 20.7 Å². The van der Waals surface area contributed by atoms with E-state index in [4.69, 9.17) is 9.68 Å². The Labute approximate surface area is 179 Å². The number of nitrogens with one attached hydrogen (secondary N) is 1. The van der Waals surface area contributed by atoms with Crippen LogP contribution in [0.25, 0.3) is 11.1 Å². The van der Waals surface area contributed by atoms with Crippen molar-refractivity contribution in [2.45, 2.75) is 23.1 Å². The third kappa shape index (κ3) is 4.59.